The summed E-state index contributed by atoms with van der Waals surface area (Å²) < 4.78 is 0.931. The van der Waals surface area contributed by atoms with Gasteiger partial charge in [0.05, 0.1) is 5.52 Å². The minimum absolute atomic E-state index is 0.931. The molecule has 3 rings (SSSR count). The minimum Gasteiger partial charge on any atom is -0.357 e. The van der Waals surface area contributed by atoms with Crippen LogP contribution in [0, 0.1) is 6.92 Å². The molecule has 3 nitrogen and oxygen atoms in total. The lowest BCUT2D eigenvalue weighted by molar-refractivity contribution is 0.539. The molecule has 2 heterocycles. The van der Waals surface area contributed by atoms with Crippen LogP contribution >= 0.6 is 24.0 Å². The van der Waals surface area contributed by atoms with Crippen LogP contribution < -0.4 is 0 Å². The molecule has 1 aliphatic heterocycles. The molecular formula is C14H15N3S2. The fourth-order valence-electron chi connectivity index (χ4n) is 2.37. The number of hydrogen-bond donors (Lipinski definition) is 0. The van der Waals surface area contributed by atoms with Gasteiger partial charge in [0.15, 0.2) is 0 Å². The van der Waals surface area contributed by atoms with E-state index in [4.69, 9.17) is 12.2 Å². The first-order chi connectivity index (χ1) is 9.25. The molecule has 1 fully saturated rings. The third-order valence-electron chi connectivity index (χ3n) is 3.38. The molecule has 0 atom stereocenters. The predicted octanol–water partition coefficient (Wildman–Crippen LogP) is 3.41. The Morgan fingerprint density at radius 3 is 2.84 bits per heavy atom. The lowest BCUT2D eigenvalue weighted by Gasteiger charge is -2.17. The molecule has 2 aromatic rings. The van der Waals surface area contributed by atoms with Crippen LogP contribution in [-0.4, -0.2) is 32.3 Å². The quantitative estimate of drug-likeness (QED) is 0.456. The van der Waals surface area contributed by atoms with Gasteiger partial charge in [0, 0.05) is 18.5 Å². The van der Waals surface area contributed by atoms with Gasteiger partial charge in [-0.05, 0) is 43.2 Å². The van der Waals surface area contributed by atoms with E-state index in [1.54, 1.807) is 18.1 Å². The van der Waals surface area contributed by atoms with Crippen molar-refractivity contribution in [3.8, 4) is 0 Å². The maximum Gasteiger partial charge on any atom is 0.142 e. The minimum atomic E-state index is 0.931. The van der Waals surface area contributed by atoms with Crippen molar-refractivity contribution in [2.45, 2.75) is 24.8 Å². The molecule has 1 saturated heterocycles. The summed E-state index contributed by atoms with van der Waals surface area (Å²) in [6.07, 6.45) is 4.10. The van der Waals surface area contributed by atoms with Gasteiger partial charge in [0.1, 0.15) is 15.7 Å². The summed E-state index contributed by atoms with van der Waals surface area (Å²) in [6.45, 7) is 4.25. The highest BCUT2D eigenvalue weighted by Crippen LogP contribution is 2.29. The summed E-state index contributed by atoms with van der Waals surface area (Å²) in [5.41, 5.74) is 2.19. The van der Waals surface area contributed by atoms with Gasteiger partial charge in [-0.3, -0.25) is 0 Å². The van der Waals surface area contributed by atoms with Gasteiger partial charge in [0.25, 0.3) is 0 Å². The number of likely N-dealkylation sites (tertiary alicyclic amines) is 1. The molecule has 0 aliphatic carbocycles. The fourth-order valence-corrected chi connectivity index (χ4v) is 3.73. The lowest BCUT2D eigenvalue weighted by Crippen LogP contribution is -2.23. The zero-order valence-electron chi connectivity index (χ0n) is 10.8. The average Bonchev–Trinajstić information content (AvgIpc) is 2.93. The van der Waals surface area contributed by atoms with E-state index in [-0.39, 0.29) is 0 Å². The molecule has 5 heteroatoms. The predicted molar refractivity (Wildman–Crippen MR) is 83.5 cm³/mol. The second-order valence-corrected chi connectivity index (χ2v) is 6.33. The highest BCUT2D eigenvalue weighted by Gasteiger charge is 2.17. The van der Waals surface area contributed by atoms with Crippen molar-refractivity contribution in [1.29, 1.82) is 0 Å². The van der Waals surface area contributed by atoms with Crippen molar-refractivity contribution in [3.05, 3.63) is 30.1 Å². The number of aromatic nitrogens is 2. The van der Waals surface area contributed by atoms with Gasteiger partial charge < -0.3 is 4.90 Å². The Balaban J connectivity index is 1.94. The lowest BCUT2D eigenvalue weighted by atomic mass is 10.1. The standard InChI is InChI=1S/C14H15N3S2/c1-10-5-4-6-11-12(10)13(16-9-15-11)19-14(18)17-7-2-3-8-17/h4-6,9H,2-3,7-8H2,1H3. The van der Waals surface area contributed by atoms with Crippen molar-refractivity contribution >= 4 is 39.2 Å². The molecule has 0 saturated carbocycles. The number of fused-ring (bicyclic) bond motifs is 1. The zero-order valence-corrected chi connectivity index (χ0v) is 12.4. The third kappa shape index (κ3) is 2.58. The number of aryl methyl sites for hydroxylation is 1. The molecule has 0 amide bonds. The summed E-state index contributed by atoms with van der Waals surface area (Å²) in [5.74, 6) is 0. The number of rotatable bonds is 1. The molecule has 98 valence electrons. The summed E-state index contributed by atoms with van der Waals surface area (Å²) >= 11 is 7.12. The van der Waals surface area contributed by atoms with Crippen molar-refractivity contribution in [2.24, 2.45) is 0 Å². The van der Waals surface area contributed by atoms with Gasteiger partial charge in [-0.1, -0.05) is 24.4 Å². The molecule has 1 aromatic heterocycles. The van der Waals surface area contributed by atoms with Crippen LogP contribution in [-0.2, 0) is 0 Å². The Kier molecular flexibility index (Phi) is 3.66. The first-order valence-corrected chi connectivity index (χ1v) is 7.65. The number of hydrogen-bond acceptors (Lipinski definition) is 4. The number of thiocarbonyl (C=S) groups is 1. The van der Waals surface area contributed by atoms with Crippen LogP contribution in [0.5, 0.6) is 0 Å². The normalized spacial score (nSPS) is 15.1. The van der Waals surface area contributed by atoms with Crippen molar-refractivity contribution < 1.29 is 0 Å². The van der Waals surface area contributed by atoms with Crippen LogP contribution in [0.1, 0.15) is 18.4 Å². The topological polar surface area (TPSA) is 29.0 Å². The van der Waals surface area contributed by atoms with E-state index in [0.717, 1.165) is 33.3 Å². The zero-order chi connectivity index (χ0) is 13.2. The molecule has 1 aliphatic rings. The summed E-state index contributed by atoms with van der Waals surface area (Å²) in [6, 6.07) is 6.14. The monoisotopic (exact) mass is 289 g/mol. The van der Waals surface area contributed by atoms with Gasteiger partial charge in [-0.15, -0.1) is 0 Å². The smallest absolute Gasteiger partial charge is 0.142 e. The molecule has 19 heavy (non-hydrogen) atoms. The summed E-state index contributed by atoms with van der Waals surface area (Å²) in [7, 11) is 0. The first kappa shape index (κ1) is 12.8. The Bertz CT molecular complexity index is 616. The first-order valence-electron chi connectivity index (χ1n) is 6.43. The number of thioether (sulfide) groups is 1. The van der Waals surface area contributed by atoms with Crippen LogP contribution in [0.4, 0.5) is 0 Å². The van der Waals surface area contributed by atoms with Gasteiger partial charge >= 0.3 is 0 Å². The second-order valence-electron chi connectivity index (χ2n) is 4.71. The average molecular weight is 289 g/mol. The molecule has 0 radical (unpaired) electrons. The Labute approximate surface area is 122 Å². The van der Waals surface area contributed by atoms with E-state index in [0.29, 0.717) is 0 Å². The van der Waals surface area contributed by atoms with Crippen LogP contribution in [0.25, 0.3) is 10.9 Å². The van der Waals surface area contributed by atoms with Gasteiger partial charge in [-0.2, -0.15) is 0 Å². The molecule has 0 spiro atoms. The number of benzene rings is 1. The largest absolute Gasteiger partial charge is 0.357 e. The molecule has 0 unspecified atom stereocenters. The third-order valence-corrected chi connectivity index (χ3v) is 4.83. The van der Waals surface area contributed by atoms with Crippen molar-refractivity contribution in [2.75, 3.05) is 13.1 Å². The van der Waals surface area contributed by atoms with Crippen molar-refractivity contribution in [1.82, 2.24) is 14.9 Å². The van der Waals surface area contributed by atoms with E-state index in [1.165, 1.54) is 18.4 Å². The van der Waals surface area contributed by atoms with Gasteiger partial charge in [0.2, 0.25) is 0 Å². The SMILES string of the molecule is Cc1cccc2ncnc(SC(=S)N3CCCC3)c12. The summed E-state index contributed by atoms with van der Waals surface area (Å²) in [5, 5.41) is 2.09. The Morgan fingerprint density at radius 2 is 2.05 bits per heavy atom. The maximum absolute atomic E-state index is 5.53. The summed E-state index contributed by atoms with van der Waals surface area (Å²) in [4.78, 5) is 11.0. The second kappa shape index (κ2) is 5.43. The van der Waals surface area contributed by atoms with E-state index in [2.05, 4.69) is 27.9 Å². The Hall–Kier alpha value is -1.20. The molecule has 0 N–H and O–H groups in total. The highest BCUT2D eigenvalue weighted by molar-refractivity contribution is 8.23. The Morgan fingerprint density at radius 1 is 1.26 bits per heavy atom. The van der Waals surface area contributed by atoms with Crippen molar-refractivity contribution in [3.63, 3.8) is 0 Å². The fraction of sp³-hybridized carbons (Fsp3) is 0.357. The molecular weight excluding hydrogens is 274 g/mol. The maximum atomic E-state index is 5.53. The van der Waals surface area contributed by atoms with Gasteiger partial charge in [-0.25, -0.2) is 9.97 Å². The highest BCUT2D eigenvalue weighted by atomic mass is 32.2. The van der Waals surface area contributed by atoms with E-state index >= 15 is 0 Å². The van der Waals surface area contributed by atoms with Crippen LogP contribution in [0.15, 0.2) is 29.6 Å². The van der Waals surface area contributed by atoms with E-state index in [9.17, 15) is 0 Å². The van der Waals surface area contributed by atoms with E-state index < -0.39 is 0 Å². The van der Waals surface area contributed by atoms with Crippen LogP contribution in [0.3, 0.4) is 0 Å². The molecule has 1 aromatic carbocycles. The number of nitrogens with zero attached hydrogens (tertiary/aromatic N) is 3. The van der Waals surface area contributed by atoms with E-state index in [1.807, 2.05) is 12.1 Å². The molecule has 0 bridgehead atoms. The van der Waals surface area contributed by atoms with Crippen LogP contribution in [0.2, 0.25) is 0 Å².